The Labute approximate surface area is 143 Å². The smallest absolute Gasteiger partial charge is 0.186 e. The van der Waals surface area contributed by atoms with Crippen molar-refractivity contribution in [3.63, 3.8) is 0 Å². The predicted octanol–water partition coefficient (Wildman–Crippen LogP) is 1.54. The largest absolute Gasteiger partial charge is 0.379 e. The zero-order valence-corrected chi connectivity index (χ0v) is 15.1. The summed E-state index contributed by atoms with van der Waals surface area (Å²) in [6.07, 6.45) is 3.05. The number of ether oxygens (including phenoxy) is 1. The number of nitrogens with one attached hydrogen (secondary N) is 3. The van der Waals surface area contributed by atoms with Crippen molar-refractivity contribution in [1.29, 1.82) is 0 Å². The molecule has 0 aromatic carbocycles. The third-order valence-corrected chi connectivity index (χ3v) is 4.24. The van der Waals surface area contributed by atoms with Gasteiger partial charge in [0, 0.05) is 37.1 Å². The van der Waals surface area contributed by atoms with Crippen molar-refractivity contribution in [2.75, 3.05) is 39.4 Å². The van der Waals surface area contributed by atoms with Gasteiger partial charge in [0.1, 0.15) is 0 Å². The van der Waals surface area contributed by atoms with Gasteiger partial charge in [-0.2, -0.15) is 5.10 Å². The molecular weight excluding hydrogens is 310 g/mol. The number of rotatable bonds is 6. The molecule has 7 heteroatoms. The number of hydrogen-bond acceptors (Lipinski definition) is 4. The third-order valence-electron chi connectivity index (χ3n) is 4.00. The molecule has 1 fully saturated rings. The predicted molar refractivity (Wildman–Crippen MR) is 98.1 cm³/mol. The summed E-state index contributed by atoms with van der Waals surface area (Å²) in [5, 5.41) is 8.14. The fraction of sp³-hybridized carbons (Fsp3) is 0.625. The molecule has 2 rings (SSSR count). The van der Waals surface area contributed by atoms with Crippen LogP contribution in [0.4, 0.5) is 0 Å². The van der Waals surface area contributed by atoms with Crippen molar-refractivity contribution < 1.29 is 4.74 Å². The van der Waals surface area contributed by atoms with Crippen molar-refractivity contribution in [2.45, 2.75) is 27.2 Å². The highest BCUT2D eigenvalue weighted by atomic mass is 32.1. The van der Waals surface area contributed by atoms with Crippen LogP contribution in [0.1, 0.15) is 30.2 Å². The van der Waals surface area contributed by atoms with Crippen LogP contribution in [0.3, 0.4) is 0 Å². The van der Waals surface area contributed by atoms with E-state index in [4.69, 9.17) is 17.0 Å². The van der Waals surface area contributed by atoms with Gasteiger partial charge in [-0.3, -0.25) is 10.3 Å². The standard InChI is InChI=1S/C16H27N5OS/c1-12-11-18-13(2)15(12)14(3)19-20-16(23)17-5-4-6-21-7-9-22-10-8-21/h11,18H,4-10H2,1-3H3,(H2,17,20,23)/b19-14+. The summed E-state index contributed by atoms with van der Waals surface area (Å²) in [7, 11) is 0. The number of H-pyrrole nitrogens is 1. The van der Waals surface area contributed by atoms with Gasteiger partial charge in [0.25, 0.3) is 0 Å². The van der Waals surface area contributed by atoms with Crippen LogP contribution in [0.25, 0.3) is 0 Å². The number of hydrazone groups is 1. The molecule has 1 aromatic heterocycles. The van der Waals surface area contributed by atoms with Crippen LogP contribution in [0, 0.1) is 13.8 Å². The molecule has 1 aromatic rings. The van der Waals surface area contributed by atoms with Gasteiger partial charge in [-0.05, 0) is 51.5 Å². The van der Waals surface area contributed by atoms with E-state index in [-0.39, 0.29) is 0 Å². The second-order valence-corrected chi connectivity index (χ2v) is 6.25. The first-order chi connectivity index (χ1) is 11.1. The molecule has 0 spiro atoms. The maximum atomic E-state index is 5.34. The van der Waals surface area contributed by atoms with Crippen molar-refractivity contribution in [1.82, 2.24) is 20.6 Å². The molecule has 6 nitrogen and oxygen atoms in total. The second-order valence-electron chi connectivity index (χ2n) is 5.84. The average Bonchev–Trinajstić information content (AvgIpc) is 2.89. The maximum absolute atomic E-state index is 5.34. The van der Waals surface area contributed by atoms with E-state index in [2.05, 4.69) is 32.7 Å². The lowest BCUT2D eigenvalue weighted by Gasteiger charge is -2.26. The third kappa shape index (κ3) is 5.60. The number of morpholine rings is 1. The van der Waals surface area contributed by atoms with Gasteiger partial charge in [0.15, 0.2) is 5.11 Å². The second kappa shape index (κ2) is 9.00. The summed E-state index contributed by atoms with van der Waals surface area (Å²) >= 11 is 5.27. The molecule has 1 saturated heterocycles. The summed E-state index contributed by atoms with van der Waals surface area (Å²) in [5.74, 6) is 0. The quantitative estimate of drug-likeness (QED) is 0.318. The Hall–Kier alpha value is -1.44. The summed E-state index contributed by atoms with van der Waals surface area (Å²) in [6.45, 7) is 11.8. The number of thiocarbonyl (C=S) groups is 1. The zero-order valence-electron chi connectivity index (χ0n) is 14.2. The van der Waals surface area contributed by atoms with E-state index in [1.54, 1.807) is 0 Å². The lowest BCUT2D eigenvalue weighted by Crippen LogP contribution is -2.39. The van der Waals surface area contributed by atoms with Crippen molar-refractivity contribution in [3.05, 3.63) is 23.0 Å². The van der Waals surface area contributed by atoms with Gasteiger partial charge in [0.2, 0.25) is 0 Å². The zero-order chi connectivity index (χ0) is 16.7. The Morgan fingerprint density at radius 2 is 2.13 bits per heavy atom. The van der Waals surface area contributed by atoms with E-state index in [1.807, 2.05) is 20.0 Å². The fourth-order valence-corrected chi connectivity index (χ4v) is 2.92. The molecule has 128 valence electrons. The minimum atomic E-state index is 0.567. The highest BCUT2D eigenvalue weighted by Gasteiger charge is 2.09. The molecular formula is C16H27N5OS. The van der Waals surface area contributed by atoms with E-state index < -0.39 is 0 Å². The first kappa shape index (κ1) is 17.9. The first-order valence-corrected chi connectivity index (χ1v) is 8.52. The van der Waals surface area contributed by atoms with Gasteiger partial charge in [-0.25, -0.2) is 0 Å². The van der Waals surface area contributed by atoms with E-state index in [9.17, 15) is 0 Å². The highest BCUT2D eigenvalue weighted by Crippen LogP contribution is 2.12. The minimum absolute atomic E-state index is 0.567. The summed E-state index contributed by atoms with van der Waals surface area (Å²) < 4.78 is 5.34. The monoisotopic (exact) mass is 337 g/mol. The average molecular weight is 337 g/mol. The molecule has 1 aliphatic rings. The molecule has 3 N–H and O–H groups in total. The van der Waals surface area contributed by atoms with E-state index in [1.165, 1.54) is 5.56 Å². The van der Waals surface area contributed by atoms with Gasteiger partial charge in [-0.1, -0.05) is 0 Å². The normalized spacial score (nSPS) is 16.4. The molecule has 0 bridgehead atoms. The number of aryl methyl sites for hydroxylation is 2. The number of nitrogens with zero attached hydrogens (tertiary/aromatic N) is 2. The SMILES string of the molecule is C/C(=N\NC(=S)NCCCN1CCOCC1)c1c(C)c[nH]c1C. The van der Waals surface area contributed by atoms with Crippen LogP contribution in [0.15, 0.2) is 11.3 Å². The van der Waals surface area contributed by atoms with Gasteiger partial charge < -0.3 is 15.0 Å². The molecule has 0 amide bonds. The molecule has 0 unspecified atom stereocenters. The number of hydrogen-bond donors (Lipinski definition) is 3. The van der Waals surface area contributed by atoms with Crippen LogP contribution in [0.5, 0.6) is 0 Å². The van der Waals surface area contributed by atoms with Crippen LogP contribution < -0.4 is 10.7 Å². The lowest BCUT2D eigenvalue weighted by molar-refractivity contribution is 0.0376. The Balaban J connectivity index is 1.67. The summed E-state index contributed by atoms with van der Waals surface area (Å²) in [6, 6.07) is 0. The van der Waals surface area contributed by atoms with E-state index in [0.29, 0.717) is 5.11 Å². The molecule has 0 saturated carbocycles. The number of aromatic nitrogens is 1. The first-order valence-electron chi connectivity index (χ1n) is 8.11. The minimum Gasteiger partial charge on any atom is -0.379 e. The van der Waals surface area contributed by atoms with Gasteiger partial charge >= 0.3 is 0 Å². The molecule has 0 radical (unpaired) electrons. The lowest BCUT2D eigenvalue weighted by atomic mass is 10.1. The maximum Gasteiger partial charge on any atom is 0.186 e. The van der Waals surface area contributed by atoms with Crippen molar-refractivity contribution in [3.8, 4) is 0 Å². The molecule has 2 heterocycles. The van der Waals surface area contributed by atoms with E-state index in [0.717, 1.165) is 62.8 Å². The van der Waals surface area contributed by atoms with E-state index >= 15 is 0 Å². The van der Waals surface area contributed by atoms with Crippen molar-refractivity contribution >= 4 is 23.0 Å². The Bertz CT molecular complexity index is 529. The number of aromatic amines is 1. The van der Waals surface area contributed by atoms with Crippen LogP contribution in [-0.2, 0) is 4.74 Å². The molecule has 0 atom stereocenters. The van der Waals surface area contributed by atoms with Crippen molar-refractivity contribution in [2.24, 2.45) is 5.10 Å². The molecule has 0 aliphatic carbocycles. The Kier molecular flexibility index (Phi) is 7.01. The van der Waals surface area contributed by atoms with Crippen LogP contribution >= 0.6 is 12.2 Å². The topological polar surface area (TPSA) is 64.7 Å². The van der Waals surface area contributed by atoms with Crippen LogP contribution in [-0.4, -0.2) is 60.1 Å². The molecule has 23 heavy (non-hydrogen) atoms. The summed E-state index contributed by atoms with van der Waals surface area (Å²) in [5.41, 5.74) is 7.31. The Morgan fingerprint density at radius 1 is 1.39 bits per heavy atom. The van der Waals surface area contributed by atoms with Crippen LogP contribution in [0.2, 0.25) is 0 Å². The fourth-order valence-electron chi connectivity index (χ4n) is 2.77. The molecule has 1 aliphatic heterocycles. The van der Waals surface area contributed by atoms with Gasteiger partial charge in [0.05, 0.1) is 18.9 Å². The summed E-state index contributed by atoms with van der Waals surface area (Å²) in [4.78, 5) is 5.63. The highest BCUT2D eigenvalue weighted by molar-refractivity contribution is 7.80. The Morgan fingerprint density at radius 3 is 2.78 bits per heavy atom. The van der Waals surface area contributed by atoms with Gasteiger partial charge in [-0.15, -0.1) is 0 Å².